The lowest BCUT2D eigenvalue weighted by Gasteiger charge is -2.29. The first kappa shape index (κ1) is 18.8. The molecule has 0 aromatic rings. The van der Waals surface area contributed by atoms with Crippen LogP contribution in [0.25, 0.3) is 0 Å². The third-order valence-corrected chi connectivity index (χ3v) is 5.63. The summed E-state index contributed by atoms with van der Waals surface area (Å²) < 4.78 is 46.1. The Labute approximate surface area is 155 Å². The Morgan fingerprint density at radius 1 is 1.19 bits per heavy atom. The molecule has 3 heterocycles. The fourth-order valence-corrected chi connectivity index (χ4v) is 4.47. The van der Waals surface area contributed by atoms with Crippen molar-refractivity contribution in [2.75, 3.05) is 19.8 Å². The SMILES string of the molecule is O=C(NOC1CC2OCCOC2C1)[C@@H]1CC[C@@H]2CN1C(=O)N2OS(=O)(=O)O. The highest BCUT2D eigenvalue weighted by Crippen LogP contribution is 2.32. The Bertz CT molecular complexity index is 703. The summed E-state index contributed by atoms with van der Waals surface area (Å²) in [6.07, 6.45) is 1.56. The van der Waals surface area contributed by atoms with Crippen molar-refractivity contribution in [3.05, 3.63) is 0 Å². The topological polar surface area (TPSA) is 144 Å². The Morgan fingerprint density at radius 2 is 1.85 bits per heavy atom. The second kappa shape index (κ2) is 7.14. The number of ether oxygens (including phenoxy) is 2. The first-order chi connectivity index (χ1) is 12.8. The zero-order chi connectivity index (χ0) is 19.2. The van der Waals surface area contributed by atoms with Crippen molar-refractivity contribution < 1.29 is 41.2 Å². The van der Waals surface area contributed by atoms with Gasteiger partial charge < -0.3 is 14.4 Å². The minimum Gasteiger partial charge on any atom is -0.373 e. The maximum absolute atomic E-state index is 12.5. The second-order valence-corrected chi connectivity index (χ2v) is 8.01. The first-order valence-electron chi connectivity index (χ1n) is 8.77. The van der Waals surface area contributed by atoms with Crippen LogP contribution in [0.3, 0.4) is 0 Å². The van der Waals surface area contributed by atoms with Gasteiger partial charge in [-0.25, -0.2) is 10.3 Å². The van der Waals surface area contributed by atoms with Gasteiger partial charge in [-0.2, -0.15) is 13.5 Å². The van der Waals surface area contributed by atoms with Crippen LogP contribution in [-0.4, -0.2) is 85.0 Å². The molecule has 0 aromatic carbocycles. The third-order valence-electron chi connectivity index (χ3n) is 5.28. The number of hydrogen-bond acceptors (Lipinski definition) is 8. The molecule has 4 atom stereocenters. The van der Waals surface area contributed by atoms with Crippen LogP contribution in [0.1, 0.15) is 25.7 Å². The molecule has 1 aliphatic carbocycles. The van der Waals surface area contributed by atoms with E-state index in [-0.39, 0.29) is 24.9 Å². The summed E-state index contributed by atoms with van der Waals surface area (Å²) in [6.45, 7) is 1.22. The molecular formula is C14H21N3O9S. The maximum atomic E-state index is 12.5. The molecule has 0 radical (unpaired) electrons. The van der Waals surface area contributed by atoms with Crippen LogP contribution in [0.4, 0.5) is 4.79 Å². The fraction of sp³-hybridized carbons (Fsp3) is 0.857. The summed E-state index contributed by atoms with van der Waals surface area (Å²) >= 11 is 0. The molecular weight excluding hydrogens is 386 g/mol. The molecule has 1 saturated carbocycles. The molecule has 4 rings (SSSR count). The smallest absolute Gasteiger partial charge is 0.373 e. The predicted molar refractivity (Wildman–Crippen MR) is 85.1 cm³/mol. The number of nitrogens with one attached hydrogen (secondary N) is 1. The number of piperidine rings is 1. The van der Waals surface area contributed by atoms with E-state index in [2.05, 4.69) is 9.76 Å². The number of rotatable bonds is 5. The Morgan fingerprint density at radius 3 is 2.48 bits per heavy atom. The van der Waals surface area contributed by atoms with E-state index in [1.54, 1.807) is 0 Å². The quantitative estimate of drug-likeness (QED) is 0.432. The van der Waals surface area contributed by atoms with E-state index in [4.69, 9.17) is 18.9 Å². The number of carbonyl (C=O) groups excluding carboxylic acids is 2. The molecule has 3 aliphatic heterocycles. The summed E-state index contributed by atoms with van der Waals surface area (Å²) in [5, 5.41) is 0.597. The zero-order valence-electron chi connectivity index (χ0n) is 14.4. The van der Waals surface area contributed by atoms with Gasteiger partial charge in [0.1, 0.15) is 6.04 Å². The average Bonchev–Trinajstić information content (AvgIpc) is 3.14. The Balaban J connectivity index is 1.32. The van der Waals surface area contributed by atoms with Gasteiger partial charge in [-0.15, -0.1) is 4.28 Å². The maximum Gasteiger partial charge on any atom is 0.418 e. The number of urea groups is 1. The number of nitrogens with zero attached hydrogens (tertiary/aromatic N) is 2. The van der Waals surface area contributed by atoms with Crippen molar-refractivity contribution in [3.8, 4) is 0 Å². The molecule has 12 nitrogen and oxygen atoms in total. The summed E-state index contributed by atoms with van der Waals surface area (Å²) in [5.41, 5.74) is 2.40. The lowest BCUT2D eigenvalue weighted by molar-refractivity contribution is -0.143. The highest BCUT2D eigenvalue weighted by atomic mass is 32.3. The average molecular weight is 407 g/mol. The van der Waals surface area contributed by atoms with Gasteiger partial charge in [-0.1, -0.05) is 0 Å². The number of fused-ring (bicyclic) bond motifs is 3. The van der Waals surface area contributed by atoms with Gasteiger partial charge in [0, 0.05) is 19.4 Å². The molecule has 0 aromatic heterocycles. The minimum absolute atomic E-state index is 0.0395. The highest BCUT2D eigenvalue weighted by molar-refractivity contribution is 7.80. The van der Waals surface area contributed by atoms with Gasteiger partial charge in [0.05, 0.1) is 37.6 Å². The van der Waals surface area contributed by atoms with Crippen LogP contribution in [0.2, 0.25) is 0 Å². The molecule has 4 fully saturated rings. The van der Waals surface area contributed by atoms with Crippen LogP contribution in [0.15, 0.2) is 0 Å². The Hall–Kier alpha value is -1.51. The van der Waals surface area contributed by atoms with Crippen molar-refractivity contribution in [2.24, 2.45) is 0 Å². The fourth-order valence-electron chi connectivity index (χ4n) is 4.08. The van der Waals surface area contributed by atoms with Crippen molar-refractivity contribution in [3.63, 3.8) is 0 Å². The highest BCUT2D eigenvalue weighted by Gasteiger charge is 2.49. The molecule has 2 unspecified atom stereocenters. The van der Waals surface area contributed by atoms with Gasteiger partial charge >= 0.3 is 16.4 Å². The molecule has 3 saturated heterocycles. The van der Waals surface area contributed by atoms with Crippen molar-refractivity contribution in [2.45, 2.75) is 56.1 Å². The predicted octanol–water partition coefficient (Wildman–Crippen LogP) is -1.02. The van der Waals surface area contributed by atoms with Crippen LogP contribution in [-0.2, 0) is 33.8 Å². The van der Waals surface area contributed by atoms with E-state index in [0.717, 1.165) is 0 Å². The molecule has 13 heteroatoms. The zero-order valence-corrected chi connectivity index (χ0v) is 15.2. The van der Waals surface area contributed by atoms with Gasteiger partial charge in [-0.05, 0) is 12.8 Å². The van der Waals surface area contributed by atoms with Crippen molar-refractivity contribution in [1.82, 2.24) is 15.4 Å². The summed E-state index contributed by atoms with van der Waals surface area (Å²) in [6, 6.07) is -2.14. The standard InChI is InChI=1S/C14H21N3O9S/c18-13(15-25-9-5-11-12(6-9)24-4-3-23-11)10-2-1-8-7-16(10)14(19)17(8)26-27(20,21)22/h8-12H,1-7H2,(H,15,18)(H,20,21,22)/t8-,9?,10+,11?,12?/m1/s1. The van der Waals surface area contributed by atoms with Crippen LogP contribution < -0.4 is 5.48 Å². The number of carbonyl (C=O) groups is 2. The van der Waals surface area contributed by atoms with Crippen molar-refractivity contribution >= 4 is 22.3 Å². The van der Waals surface area contributed by atoms with Gasteiger partial charge in [0.25, 0.3) is 5.91 Å². The molecule has 0 spiro atoms. The largest absolute Gasteiger partial charge is 0.418 e. The van der Waals surface area contributed by atoms with E-state index in [0.29, 0.717) is 44.0 Å². The molecule has 3 amide bonds. The van der Waals surface area contributed by atoms with Crippen LogP contribution in [0, 0.1) is 0 Å². The number of hydrogen-bond donors (Lipinski definition) is 2. The van der Waals surface area contributed by atoms with E-state index in [1.807, 2.05) is 0 Å². The van der Waals surface area contributed by atoms with Gasteiger partial charge in [0.2, 0.25) is 0 Å². The number of amides is 3. The molecule has 27 heavy (non-hydrogen) atoms. The van der Waals surface area contributed by atoms with Crippen LogP contribution in [0.5, 0.6) is 0 Å². The van der Waals surface area contributed by atoms with Gasteiger partial charge in [0.15, 0.2) is 0 Å². The molecule has 4 aliphatic rings. The van der Waals surface area contributed by atoms with E-state index in [9.17, 15) is 18.0 Å². The van der Waals surface area contributed by atoms with Crippen LogP contribution >= 0.6 is 0 Å². The molecule has 152 valence electrons. The second-order valence-electron chi connectivity index (χ2n) is 7.01. The summed E-state index contributed by atoms with van der Waals surface area (Å²) in [4.78, 5) is 31.5. The third kappa shape index (κ3) is 3.88. The molecule has 2 bridgehead atoms. The summed E-state index contributed by atoms with van der Waals surface area (Å²) in [7, 11) is -4.82. The van der Waals surface area contributed by atoms with E-state index < -0.39 is 34.4 Å². The lowest BCUT2D eigenvalue weighted by Crippen LogP contribution is -2.50. The monoisotopic (exact) mass is 407 g/mol. The van der Waals surface area contributed by atoms with Gasteiger partial charge in [-0.3, -0.25) is 14.2 Å². The van der Waals surface area contributed by atoms with E-state index in [1.165, 1.54) is 4.90 Å². The molecule has 2 N–H and O–H groups in total. The first-order valence-corrected chi connectivity index (χ1v) is 10.1. The number of hydroxylamine groups is 3. The van der Waals surface area contributed by atoms with Crippen molar-refractivity contribution in [1.29, 1.82) is 0 Å². The summed E-state index contributed by atoms with van der Waals surface area (Å²) in [5.74, 6) is -0.493. The minimum atomic E-state index is -4.82. The lowest BCUT2D eigenvalue weighted by atomic mass is 10.0. The van der Waals surface area contributed by atoms with E-state index >= 15 is 0 Å². The normalized spacial score (nSPS) is 36.0. The Kier molecular flexibility index (Phi) is 4.98.